The fourth-order valence-corrected chi connectivity index (χ4v) is 2.03. The summed E-state index contributed by atoms with van der Waals surface area (Å²) in [5, 5.41) is 3.87. The lowest BCUT2D eigenvalue weighted by atomic mass is 9.90. The summed E-state index contributed by atoms with van der Waals surface area (Å²) in [5.41, 5.74) is 0.917. The molecule has 0 aliphatic heterocycles. The van der Waals surface area contributed by atoms with Gasteiger partial charge in [0, 0.05) is 5.92 Å². The van der Waals surface area contributed by atoms with Gasteiger partial charge in [0.2, 0.25) is 0 Å². The molecule has 0 heterocycles. The lowest BCUT2D eigenvalue weighted by Crippen LogP contribution is -2.07. The molecule has 1 aliphatic rings. The summed E-state index contributed by atoms with van der Waals surface area (Å²) in [6.07, 6.45) is 9.24. The second-order valence-electron chi connectivity index (χ2n) is 4.46. The van der Waals surface area contributed by atoms with Gasteiger partial charge in [0.25, 0.3) is 0 Å². The predicted molar refractivity (Wildman–Crippen MR) is 65.2 cm³/mol. The number of nitrogens with zero attached hydrogens (tertiary/aromatic N) is 1. The van der Waals surface area contributed by atoms with E-state index in [1.807, 2.05) is 0 Å². The van der Waals surface area contributed by atoms with Crippen molar-refractivity contribution in [2.45, 2.75) is 38.7 Å². The molecule has 0 amide bonds. The average molecular weight is 234 g/mol. The van der Waals surface area contributed by atoms with Crippen molar-refractivity contribution < 1.29 is 9.23 Å². The van der Waals surface area contributed by atoms with E-state index in [0.717, 1.165) is 5.56 Å². The highest BCUT2D eigenvalue weighted by molar-refractivity contribution is 5.59. The molecule has 3 heteroatoms. The molecule has 0 aromatic heterocycles. The van der Waals surface area contributed by atoms with Crippen molar-refractivity contribution in [1.82, 2.24) is 0 Å². The molecule has 0 atom stereocenters. The van der Waals surface area contributed by atoms with E-state index in [1.165, 1.54) is 44.2 Å². The molecular formula is C14H17FNO. The minimum absolute atomic E-state index is 0.231. The second-order valence-corrected chi connectivity index (χ2v) is 4.46. The van der Waals surface area contributed by atoms with Gasteiger partial charge in [-0.2, -0.15) is 0 Å². The van der Waals surface area contributed by atoms with Crippen LogP contribution >= 0.6 is 0 Å². The zero-order valence-electron chi connectivity index (χ0n) is 9.86. The quantitative estimate of drug-likeness (QED) is 0.573. The summed E-state index contributed by atoms with van der Waals surface area (Å²) in [4.78, 5) is 5.15. The van der Waals surface area contributed by atoms with Crippen molar-refractivity contribution in [1.29, 1.82) is 0 Å². The topological polar surface area (TPSA) is 21.6 Å². The summed E-state index contributed by atoms with van der Waals surface area (Å²) in [7, 11) is 0. The van der Waals surface area contributed by atoms with E-state index in [4.69, 9.17) is 4.84 Å². The van der Waals surface area contributed by atoms with Crippen LogP contribution in [0.2, 0.25) is 0 Å². The maximum absolute atomic E-state index is 12.6. The molecule has 0 saturated heterocycles. The Morgan fingerprint density at radius 1 is 1.18 bits per heavy atom. The lowest BCUT2D eigenvalue weighted by molar-refractivity contribution is 0.130. The van der Waals surface area contributed by atoms with E-state index >= 15 is 0 Å². The van der Waals surface area contributed by atoms with Gasteiger partial charge >= 0.3 is 0 Å². The summed E-state index contributed by atoms with van der Waals surface area (Å²) in [5.74, 6) is 0.225. The fraction of sp³-hybridized carbons (Fsp3) is 0.500. The smallest absolute Gasteiger partial charge is 0.142 e. The number of hydrogen-bond acceptors (Lipinski definition) is 2. The molecule has 1 fully saturated rings. The Hall–Kier alpha value is -1.38. The van der Waals surface area contributed by atoms with Crippen molar-refractivity contribution in [2.75, 3.05) is 0 Å². The van der Waals surface area contributed by atoms with Crippen LogP contribution in [-0.4, -0.2) is 6.21 Å². The summed E-state index contributed by atoms with van der Waals surface area (Å²) in [6.45, 7) is 0.375. The molecule has 91 valence electrons. The first-order chi connectivity index (χ1) is 8.34. The summed E-state index contributed by atoms with van der Waals surface area (Å²) in [6, 6.07) is 6.25. The van der Waals surface area contributed by atoms with E-state index in [1.54, 1.807) is 12.1 Å². The maximum atomic E-state index is 12.6. The highest BCUT2D eigenvalue weighted by Crippen LogP contribution is 2.21. The minimum atomic E-state index is -0.231. The maximum Gasteiger partial charge on any atom is 0.142 e. The van der Waals surface area contributed by atoms with Gasteiger partial charge in [-0.05, 0) is 30.5 Å². The Kier molecular flexibility index (Phi) is 4.54. The van der Waals surface area contributed by atoms with Crippen LogP contribution in [0.25, 0.3) is 0 Å². The predicted octanol–water partition coefficient (Wildman–Crippen LogP) is 3.79. The van der Waals surface area contributed by atoms with E-state index in [2.05, 4.69) is 11.4 Å². The van der Waals surface area contributed by atoms with Crippen molar-refractivity contribution in [3.63, 3.8) is 0 Å². The molecule has 2 rings (SSSR count). The zero-order chi connectivity index (χ0) is 11.9. The number of halogens is 1. The number of benzene rings is 1. The average Bonchev–Trinajstić information content (AvgIpc) is 2.38. The van der Waals surface area contributed by atoms with Crippen LogP contribution in [0.4, 0.5) is 4.39 Å². The Morgan fingerprint density at radius 3 is 2.59 bits per heavy atom. The number of hydrogen-bond donors (Lipinski definition) is 0. The van der Waals surface area contributed by atoms with Gasteiger partial charge < -0.3 is 4.84 Å². The fourth-order valence-electron chi connectivity index (χ4n) is 2.03. The highest BCUT2D eigenvalue weighted by Gasteiger charge is 2.11. The van der Waals surface area contributed by atoms with Gasteiger partial charge in [0.1, 0.15) is 18.6 Å². The van der Waals surface area contributed by atoms with Gasteiger partial charge in [-0.25, -0.2) is 4.39 Å². The second kappa shape index (κ2) is 6.38. The largest absolute Gasteiger partial charge is 0.391 e. The summed E-state index contributed by atoms with van der Waals surface area (Å²) >= 11 is 0. The van der Waals surface area contributed by atoms with Crippen molar-refractivity contribution in [3.05, 3.63) is 35.6 Å². The molecular weight excluding hydrogens is 217 g/mol. The SMILES string of the molecule is Fc1ccc(CO/N=[C]\C2CCCCC2)cc1. The van der Waals surface area contributed by atoms with Gasteiger partial charge in [-0.3, -0.25) is 0 Å². The molecule has 17 heavy (non-hydrogen) atoms. The molecule has 1 aromatic rings. The first-order valence-corrected chi connectivity index (χ1v) is 6.16. The normalized spacial score (nSPS) is 17.5. The van der Waals surface area contributed by atoms with Crippen molar-refractivity contribution >= 4 is 6.21 Å². The van der Waals surface area contributed by atoms with E-state index in [0.29, 0.717) is 12.5 Å². The Balaban J connectivity index is 1.71. The molecule has 1 aromatic carbocycles. The molecule has 0 bridgehead atoms. The zero-order valence-corrected chi connectivity index (χ0v) is 9.86. The van der Waals surface area contributed by atoms with Gasteiger partial charge in [-0.15, -0.1) is 0 Å². The number of rotatable bonds is 4. The van der Waals surface area contributed by atoms with Crippen LogP contribution in [0.1, 0.15) is 37.7 Å². The van der Waals surface area contributed by atoms with Crippen LogP contribution in [0.3, 0.4) is 0 Å². The first-order valence-electron chi connectivity index (χ1n) is 6.16. The highest BCUT2D eigenvalue weighted by atomic mass is 19.1. The standard InChI is InChI=1S/C14H17FNO/c15-14-8-6-13(7-9-14)11-17-16-10-12-4-2-1-3-5-12/h6-9,12H,1-5,11H2. The minimum Gasteiger partial charge on any atom is -0.391 e. The molecule has 0 spiro atoms. The van der Waals surface area contributed by atoms with Crippen molar-refractivity contribution in [3.8, 4) is 0 Å². The van der Waals surface area contributed by atoms with Crippen LogP contribution in [0.5, 0.6) is 0 Å². The molecule has 0 unspecified atom stereocenters. The monoisotopic (exact) mass is 234 g/mol. The molecule has 1 saturated carbocycles. The lowest BCUT2D eigenvalue weighted by Gasteiger charge is -2.15. The Labute approximate surface area is 101 Å². The molecule has 2 nitrogen and oxygen atoms in total. The van der Waals surface area contributed by atoms with E-state index in [9.17, 15) is 4.39 Å². The molecule has 1 radical (unpaired) electrons. The van der Waals surface area contributed by atoms with Gasteiger partial charge in [0.05, 0.1) is 0 Å². The molecule has 1 aliphatic carbocycles. The third-order valence-corrected chi connectivity index (χ3v) is 3.05. The van der Waals surface area contributed by atoms with Crippen LogP contribution in [0, 0.1) is 11.7 Å². The van der Waals surface area contributed by atoms with Crippen molar-refractivity contribution in [2.24, 2.45) is 11.1 Å². The third-order valence-electron chi connectivity index (χ3n) is 3.05. The first kappa shape index (κ1) is 12.1. The third kappa shape index (κ3) is 4.17. The molecule has 0 N–H and O–H groups in total. The van der Waals surface area contributed by atoms with Gasteiger partial charge in [-0.1, -0.05) is 36.6 Å². The van der Waals surface area contributed by atoms with E-state index in [-0.39, 0.29) is 5.82 Å². The Bertz CT molecular complexity index is 355. The van der Waals surface area contributed by atoms with Crippen LogP contribution in [0.15, 0.2) is 29.4 Å². The van der Waals surface area contributed by atoms with Gasteiger partial charge in [0.15, 0.2) is 0 Å². The van der Waals surface area contributed by atoms with Crippen LogP contribution in [-0.2, 0) is 11.4 Å². The summed E-state index contributed by atoms with van der Waals surface area (Å²) < 4.78 is 12.6. The van der Waals surface area contributed by atoms with E-state index < -0.39 is 0 Å². The Morgan fingerprint density at radius 2 is 1.88 bits per heavy atom. The van der Waals surface area contributed by atoms with Crippen LogP contribution < -0.4 is 0 Å².